The van der Waals surface area contributed by atoms with Crippen molar-refractivity contribution in [3.05, 3.63) is 0 Å². The quantitative estimate of drug-likeness (QED) is 0.561. The van der Waals surface area contributed by atoms with Gasteiger partial charge in [0.15, 0.2) is 0 Å². The minimum Gasteiger partial charge on any atom is -0.394 e. The van der Waals surface area contributed by atoms with Crippen molar-refractivity contribution in [1.82, 2.24) is 5.32 Å². The second kappa shape index (κ2) is 10.2. The van der Waals surface area contributed by atoms with E-state index in [0.717, 1.165) is 25.9 Å². The lowest BCUT2D eigenvalue weighted by molar-refractivity contribution is 0.156. The van der Waals surface area contributed by atoms with E-state index < -0.39 is 0 Å². The Morgan fingerprint density at radius 3 is 2.47 bits per heavy atom. The van der Waals surface area contributed by atoms with E-state index in [1.165, 1.54) is 11.5 Å². The van der Waals surface area contributed by atoms with Crippen LogP contribution in [0.4, 0.5) is 0 Å². The number of hydrogen-bond acceptors (Lipinski definition) is 4. The first-order valence-electron chi connectivity index (χ1n) is 6.49. The molecule has 0 fully saturated rings. The molecule has 0 amide bonds. The van der Waals surface area contributed by atoms with Gasteiger partial charge in [-0.25, -0.2) is 0 Å². The molecule has 104 valence electrons. The van der Waals surface area contributed by atoms with Crippen LogP contribution >= 0.6 is 11.8 Å². The zero-order valence-corrected chi connectivity index (χ0v) is 12.6. The minimum absolute atomic E-state index is 0.124. The van der Waals surface area contributed by atoms with Gasteiger partial charge in [0.2, 0.25) is 0 Å². The van der Waals surface area contributed by atoms with Gasteiger partial charge in [-0.3, -0.25) is 0 Å². The van der Waals surface area contributed by atoms with Gasteiger partial charge in [-0.15, -0.1) is 0 Å². The van der Waals surface area contributed by atoms with E-state index >= 15 is 0 Å². The molecule has 0 aliphatic rings. The Hall–Kier alpha value is 0.230. The van der Waals surface area contributed by atoms with Crippen LogP contribution in [0.3, 0.4) is 0 Å². The second-order valence-electron chi connectivity index (χ2n) is 5.08. The third-order valence-corrected chi connectivity index (χ3v) is 3.80. The van der Waals surface area contributed by atoms with Crippen LogP contribution in [-0.4, -0.2) is 48.5 Å². The molecule has 17 heavy (non-hydrogen) atoms. The Balaban J connectivity index is 3.55. The van der Waals surface area contributed by atoms with Crippen LogP contribution in [0, 0.1) is 0 Å². The molecule has 0 saturated heterocycles. The predicted molar refractivity (Wildman–Crippen MR) is 76.8 cm³/mol. The highest BCUT2D eigenvalue weighted by Crippen LogP contribution is 2.15. The largest absolute Gasteiger partial charge is 0.394 e. The SMILES string of the molecule is COCCCSCCCC(C)(CO)NC(C)C. The molecular formula is C13H29NO2S. The van der Waals surface area contributed by atoms with E-state index in [1.807, 2.05) is 11.8 Å². The summed E-state index contributed by atoms with van der Waals surface area (Å²) in [5, 5.41) is 12.9. The maximum absolute atomic E-state index is 9.42. The number of nitrogens with one attached hydrogen (secondary N) is 1. The average molecular weight is 263 g/mol. The summed E-state index contributed by atoms with van der Waals surface area (Å²) >= 11 is 1.97. The number of aliphatic hydroxyl groups excluding tert-OH is 1. The summed E-state index contributed by atoms with van der Waals surface area (Å²) in [7, 11) is 1.74. The highest BCUT2D eigenvalue weighted by atomic mass is 32.2. The standard InChI is InChI=1S/C13H29NO2S/c1-12(2)14-13(3,11-15)7-5-9-17-10-6-8-16-4/h12,14-15H,5-11H2,1-4H3. The average Bonchev–Trinajstić information content (AvgIpc) is 2.27. The Morgan fingerprint density at radius 1 is 1.29 bits per heavy atom. The van der Waals surface area contributed by atoms with Crippen LogP contribution in [0.15, 0.2) is 0 Å². The molecule has 0 rings (SSSR count). The van der Waals surface area contributed by atoms with Crippen molar-refractivity contribution in [3.63, 3.8) is 0 Å². The smallest absolute Gasteiger partial charge is 0.0610 e. The van der Waals surface area contributed by atoms with Crippen LogP contribution < -0.4 is 5.32 Å². The third-order valence-electron chi connectivity index (χ3n) is 2.64. The second-order valence-corrected chi connectivity index (χ2v) is 6.30. The van der Waals surface area contributed by atoms with Gasteiger partial charge in [0.1, 0.15) is 0 Å². The molecule has 1 unspecified atom stereocenters. The zero-order valence-electron chi connectivity index (χ0n) is 11.8. The highest BCUT2D eigenvalue weighted by Gasteiger charge is 2.22. The highest BCUT2D eigenvalue weighted by molar-refractivity contribution is 7.99. The fourth-order valence-corrected chi connectivity index (χ4v) is 2.74. The summed E-state index contributed by atoms with van der Waals surface area (Å²) in [6.07, 6.45) is 3.30. The Morgan fingerprint density at radius 2 is 1.94 bits per heavy atom. The fourth-order valence-electron chi connectivity index (χ4n) is 1.87. The summed E-state index contributed by atoms with van der Waals surface area (Å²) < 4.78 is 5.01. The number of aliphatic hydroxyl groups is 1. The molecule has 0 aliphatic carbocycles. The molecular weight excluding hydrogens is 234 g/mol. The van der Waals surface area contributed by atoms with E-state index in [4.69, 9.17) is 4.74 Å². The van der Waals surface area contributed by atoms with Gasteiger partial charge in [0.25, 0.3) is 0 Å². The third kappa shape index (κ3) is 9.89. The van der Waals surface area contributed by atoms with Crippen LogP contribution in [0.25, 0.3) is 0 Å². The monoisotopic (exact) mass is 263 g/mol. The number of thioether (sulfide) groups is 1. The molecule has 0 heterocycles. The molecule has 0 aliphatic heterocycles. The molecule has 0 bridgehead atoms. The van der Waals surface area contributed by atoms with Crippen LogP contribution in [0.1, 0.15) is 40.0 Å². The van der Waals surface area contributed by atoms with Crippen molar-refractivity contribution in [2.75, 3.05) is 31.8 Å². The molecule has 0 aromatic carbocycles. The van der Waals surface area contributed by atoms with Gasteiger partial charge in [-0.1, -0.05) is 13.8 Å². The predicted octanol–water partition coefficient (Wildman–Crippen LogP) is 2.29. The van der Waals surface area contributed by atoms with Crippen molar-refractivity contribution in [1.29, 1.82) is 0 Å². The van der Waals surface area contributed by atoms with E-state index in [1.54, 1.807) is 7.11 Å². The topological polar surface area (TPSA) is 41.5 Å². The summed E-state index contributed by atoms with van der Waals surface area (Å²) in [5.41, 5.74) is -0.124. The fraction of sp³-hybridized carbons (Fsp3) is 1.00. The van der Waals surface area contributed by atoms with Gasteiger partial charge < -0.3 is 15.2 Å². The van der Waals surface area contributed by atoms with Crippen molar-refractivity contribution in [2.24, 2.45) is 0 Å². The normalized spacial score (nSPS) is 15.2. The summed E-state index contributed by atoms with van der Waals surface area (Å²) in [4.78, 5) is 0. The lowest BCUT2D eigenvalue weighted by atomic mass is 9.96. The molecule has 0 aromatic rings. The summed E-state index contributed by atoms with van der Waals surface area (Å²) in [5.74, 6) is 2.33. The van der Waals surface area contributed by atoms with E-state index in [-0.39, 0.29) is 12.1 Å². The first kappa shape index (κ1) is 17.2. The van der Waals surface area contributed by atoms with Gasteiger partial charge in [0.05, 0.1) is 6.61 Å². The summed E-state index contributed by atoms with van der Waals surface area (Å²) in [6, 6.07) is 0.418. The molecule has 1 atom stereocenters. The van der Waals surface area contributed by atoms with Crippen molar-refractivity contribution >= 4 is 11.8 Å². The van der Waals surface area contributed by atoms with Crippen molar-refractivity contribution in [3.8, 4) is 0 Å². The maximum atomic E-state index is 9.42. The van der Waals surface area contributed by atoms with Gasteiger partial charge in [-0.2, -0.15) is 11.8 Å². The first-order valence-corrected chi connectivity index (χ1v) is 7.65. The Kier molecular flexibility index (Phi) is 10.3. The number of hydrogen-bond donors (Lipinski definition) is 2. The van der Waals surface area contributed by atoms with Crippen LogP contribution in [0.2, 0.25) is 0 Å². The van der Waals surface area contributed by atoms with Gasteiger partial charge in [-0.05, 0) is 37.7 Å². The zero-order chi connectivity index (χ0) is 13.1. The van der Waals surface area contributed by atoms with Crippen molar-refractivity contribution in [2.45, 2.75) is 51.6 Å². The Labute approximate surface area is 111 Å². The molecule has 0 saturated carbocycles. The van der Waals surface area contributed by atoms with Gasteiger partial charge in [0, 0.05) is 25.3 Å². The van der Waals surface area contributed by atoms with Crippen LogP contribution in [-0.2, 0) is 4.74 Å². The lowest BCUT2D eigenvalue weighted by Gasteiger charge is -2.31. The molecule has 0 spiro atoms. The van der Waals surface area contributed by atoms with Gasteiger partial charge >= 0.3 is 0 Å². The molecule has 3 nitrogen and oxygen atoms in total. The maximum Gasteiger partial charge on any atom is 0.0610 e. The summed E-state index contributed by atoms with van der Waals surface area (Å²) in [6.45, 7) is 7.40. The van der Waals surface area contributed by atoms with Crippen molar-refractivity contribution < 1.29 is 9.84 Å². The number of ether oxygens (including phenoxy) is 1. The molecule has 4 heteroatoms. The molecule has 0 radical (unpaired) electrons. The molecule has 0 aromatic heterocycles. The van der Waals surface area contributed by atoms with Crippen LogP contribution in [0.5, 0.6) is 0 Å². The molecule has 2 N–H and O–H groups in total. The lowest BCUT2D eigenvalue weighted by Crippen LogP contribution is -2.49. The van der Waals surface area contributed by atoms with E-state index in [0.29, 0.717) is 6.04 Å². The first-order chi connectivity index (χ1) is 8.04. The number of methoxy groups -OCH3 is 1. The van der Waals surface area contributed by atoms with E-state index in [9.17, 15) is 5.11 Å². The Bertz CT molecular complexity index is 179. The van der Waals surface area contributed by atoms with E-state index in [2.05, 4.69) is 26.1 Å². The minimum atomic E-state index is -0.124. The number of rotatable bonds is 11.